The fourth-order valence-electron chi connectivity index (χ4n) is 1.81. The first-order valence-corrected chi connectivity index (χ1v) is 7.75. The minimum atomic E-state index is 0.716. The zero-order valence-electron chi connectivity index (χ0n) is 11.1. The van der Waals surface area contributed by atoms with Crippen LogP contribution in [0.4, 0.5) is 0 Å². The van der Waals surface area contributed by atoms with Gasteiger partial charge in [0, 0.05) is 16.0 Å². The Morgan fingerprint density at radius 1 is 1.10 bits per heavy atom. The molecule has 2 aromatic rings. The summed E-state index contributed by atoms with van der Waals surface area (Å²) >= 11 is 9.50. The van der Waals surface area contributed by atoms with E-state index in [0.29, 0.717) is 6.61 Å². The first-order valence-electron chi connectivity index (χ1n) is 6.58. The lowest BCUT2D eigenvalue weighted by Gasteiger charge is -2.08. The van der Waals surface area contributed by atoms with E-state index in [2.05, 4.69) is 21.2 Å². The summed E-state index contributed by atoms with van der Waals surface area (Å²) in [5.74, 6) is 0.921. The molecule has 0 atom stereocenters. The number of halogens is 2. The molecule has 0 saturated heterocycles. The van der Waals surface area contributed by atoms with E-state index in [4.69, 9.17) is 16.3 Å². The lowest BCUT2D eigenvalue weighted by molar-refractivity contribution is 0.308. The summed E-state index contributed by atoms with van der Waals surface area (Å²) in [6.45, 7) is 2.42. The summed E-state index contributed by atoms with van der Waals surface area (Å²) in [6, 6.07) is 15.7. The van der Waals surface area contributed by atoms with Crippen molar-refractivity contribution >= 4 is 27.5 Å². The lowest BCUT2D eigenvalue weighted by Crippen LogP contribution is -2.17. The molecule has 4 heteroatoms. The Kier molecular flexibility index (Phi) is 6.37. The number of rotatable bonds is 7. The molecule has 0 aliphatic heterocycles. The van der Waals surface area contributed by atoms with Gasteiger partial charge >= 0.3 is 0 Å². The first kappa shape index (κ1) is 15.4. The standard InChI is InChI=1S/C16H17BrClNO/c17-16-8-7-14(18)11-13(16)12-19-9-4-10-20-15-5-2-1-3-6-15/h1-3,5-8,11,19H,4,9-10,12H2. The topological polar surface area (TPSA) is 21.3 Å². The fourth-order valence-corrected chi connectivity index (χ4v) is 2.39. The molecule has 0 bridgehead atoms. The SMILES string of the molecule is Clc1ccc(Br)c(CNCCCOc2ccccc2)c1. The van der Waals surface area contributed by atoms with Crippen molar-refractivity contribution in [2.24, 2.45) is 0 Å². The number of hydrogen-bond donors (Lipinski definition) is 1. The molecule has 0 spiro atoms. The second-order valence-electron chi connectivity index (χ2n) is 4.43. The third-order valence-corrected chi connectivity index (χ3v) is 3.84. The summed E-state index contributed by atoms with van der Waals surface area (Å²) in [5.41, 5.74) is 1.17. The van der Waals surface area contributed by atoms with Gasteiger partial charge in [-0.25, -0.2) is 0 Å². The maximum absolute atomic E-state index is 5.98. The molecule has 20 heavy (non-hydrogen) atoms. The molecule has 0 unspecified atom stereocenters. The Labute approximate surface area is 133 Å². The average molecular weight is 355 g/mol. The van der Waals surface area contributed by atoms with E-state index in [1.165, 1.54) is 5.56 Å². The van der Waals surface area contributed by atoms with Gasteiger partial charge in [0.05, 0.1) is 6.61 Å². The molecule has 0 aromatic heterocycles. The predicted molar refractivity (Wildman–Crippen MR) is 87.4 cm³/mol. The maximum atomic E-state index is 5.98. The van der Waals surface area contributed by atoms with Gasteiger partial charge in [-0.2, -0.15) is 0 Å². The van der Waals surface area contributed by atoms with Gasteiger partial charge < -0.3 is 10.1 Å². The van der Waals surface area contributed by atoms with Crippen molar-refractivity contribution in [2.45, 2.75) is 13.0 Å². The van der Waals surface area contributed by atoms with Gasteiger partial charge in [-0.05, 0) is 48.9 Å². The highest BCUT2D eigenvalue weighted by molar-refractivity contribution is 9.10. The summed E-state index contributed by atoms with van der Waals surface area (Å²) in [4.78, 5) is 0. The lowest BCUT2D eigenvalue weighted by atomic mass is 10.2. The Bertz CT molecular complexity index is 533. The largest absolute Gasteiger partial charge is 0.494 e. The van der Waals surface area contributed by atoms with Crippen molar-refractivity contribution in [3.8, 4) is 5.75 Å². The highest BCUT2D eigenvalue weighted by atomic mass is 79.9. The van der Waals surface area contributed by atoms with Gasteiger partial charge in [-0.3, -0.25) is 0 Å². The summed E-state index contributed by atoms with van der Waals surface area (Å²) in [6.07, 6.45) is 0.965. The van der Waals surface area contributed by atoms with Gasteiger partial charge in [0.1, 0.15) is 5.75 Å². The smallest absolute Gasteiger partial charge is 0.119 e. The highest BCUT2D eigenvalue weighted by Crippen LogP contribution is 2.20. The van der Waals surface area contributed by atoms with Crippen LogP contribution in [0, 0.1) is 0 Å². The molecular weight excluding hydrogens is 338 g/mol. The Balaban J connectivity index is 1.63. The van der Waals surface area contributed by atoms with E-state index >= 15 is 0 Å². The number of hydrogen-bond acceptors (Lipinski definition) is 2. The molecule has 0 radical (unpaired) electrons. The molecule has 1 N–H and O–H groups in total. The zero-order chi connectivity index (χ0) is 14.2. The molecule has 0 aliphatic rings. The summed E-state index contributed by atoms with van der Waals surface area (Å²) in [7, 11) is 0. The van der Waals surface area contributed by atoms with Crippen molar-refractivity contribution in [1.82, 2.24) is 5.32 Å². The van der Waals surface area contributed by atoms with Crippen LogP contribution in [0.25, 0.3) is 0 Å². The molecule has 0 aliphatic carbocycles. The van der Waals surface area contributed by atoms with Crippen molar-refractivity contribution in [2.75, 3.05) is 13.2 Å². The Hall–Kier alpha value is -1.03. The van der Waals surface area contributed by atoms with Crippen LogP contribution >= 0.6 is 27.5 Å². The first-order chi connectivity index (χ1) is 9.75. The van der Waals surface area contributed by atoms with Crippen LogP contribution in [-0.2, 0) is 6.54 Å². The van der Waals surface area contributed by atoms with Gasteiger partial charge in [0.25, 0.3) is 0 Å². The van der Waals surface area contributed by atoms with Gasteiger partial charge in [-0.1, -0.05) is 45.7 Å². The molecule has 0 fully saturated rings. The predicted octanol–water partition coefficient (Wildman–Crippen LogP) is 4.66. The second kappa shape index (κ2) is 8.30. The quantitative estimate of drug-likeness (QED) is 0.730. The molecular formula is C16H17BrClNO. The van der Waals surface area contributed by atoms with Crippen LogP contribution in [0.3, 0.4) is 0 Å². The number of ether oxygens (including phenoxy) is 1. The van der Waals surface area contributed by atoms with E-state index in [1.54, 1.807) is 0 Å². The van der Waals surface area contributed by atoms with Crippen molar-refractivity contribution in [3.05, 3.63) is 63.6 Å². The minimum absolute atomic E-state index is 0.716. The van der Waals surface area contributed by atoms with Crippen molar-refractivity contribution in [3.63, 3.8) is 0 Å². The minimum Gasteiger partial charge on any atom is -0.494 e. The van der Waals surface area contributed by atoms with Crippen LogP contribution in [0.2, 0.25) is 5.02 Å². The molecule has 0 heterocycles. The molecule has 0 amide bonds. The van der Waals surface area contributed by atoms with E-state index < -0.39 is 0 Å². The monoisotopic (exact) mass is 353 g/mol. The van der Waals surface area contributed by atoms with Crippen molar-refractivity contribution in [1.29, 1.82) is 0 Å². The van der Waals surface area contributed by atoms with Crippen LogP contribution in [0.5, 0.6) is 5.75 Å². The molecule has 106 valence electrons. The number of nitrogens with one attached hydrogen (secondary N) is 1. The zero-order valence-corrected chi connectivity index (χ0v) is 13.5. The average Bonchev–Trinajstić information content (AvgIpc) is 2.47. The number of benzene rings is 2. The van der Waals surface area contributed by atoms with E-state index in [-0.39, 0.29) is 0 Å². The molecule has 0 saturated carbocycles. The Morgan fingerprint density at radius 2 is 1.90 bits per heavy atom. The van der Waals surface area contributed by atoms with E-state index in [9.17, 15) is 0 Å². The van der Waals surface area contributed by atoms with Crippen LogP contribution in [0.15, 0.2) is 53.0 Å². The van der Waals surface area contributed by atoms with Gasteiger partial charge in [0.15, 0.2) is 0 Å². The Morgan fingerprint density at radius 3 is 2.70 bits per heavy atom. The third-order valence-electron chi connectivity index (χ3n) is 2.83. The van der Waals surface area contributed by atoms with Crippen LogP contribution < -0.4 is 10.1 Å². The molecule has 2 nitrogen and oxygen atoms in total. The second-order valence-corrected chi connectivity index (χ2v) is 5.72. The molecule has 2 rings (SSSR count). The van der Waals surface area contributed by atoms with E-state index in [1.807, 2.05) is 48.5 Å². The third kappa shape index (κ3) is 5.16. The summed E-state index contributed by atoms with van der Waals surface area (Å²) in [5, 5.41) is 4.15. The van der Waals surface area contributed by atoms with Gasteiger partial charge in [-0.15, -0.1) is 0 Å². The van der Waals surface area contributed by atoms with Crippen LogP contribution in [0.1, 0.15) is 12.0 Å². The maximum Gasteiger partial charge on any atom is 0.119 e. The summed E-state index contributed by atoms with van der Waals surface area (Å²) < 4.78 is 6.71. The van der Waals surface area contributed by atoms with E-state index in [0.717, 1.165) is 34.8 Å². The molecule has 2 aromatic carbocycles. The highest BCUT2D eigenvalue weighted by Gasteiger charge is 2.00. The normalized spacial score (nSPS) is 10.5. The van der Waals surface area contributed by atoms with Crippen LogP contribution in [-0.4, -0.2) is 13.2 Å². The van der Waals surface area contributed by atoms with Crippen molar-refractivity contribution < 1.29 is 4.74 Å². The number of para-hydroxylation sites is 1. The van der Waals surface area contributed by atoms with Gasteiger partial charge in [0.2, 0.25) is 0 Å². The fraction of sp³-hybridized carbons (Fsp3) is 0.250.